The summed E-state index contributed by atoms with van der Waals surface area (Å²) in [5.74, 6) is 0.343. The molecule has 0 aliphatic heterocycles. The van der Waals surface area contributed by atoms with Crippen LogP contribution in [0.3, 0.4) is 0 Å². The number of aromatic hydroxyl groups is 1. The van der Waals surface area contributed by atoms with Crippen molar-refractivity contribution in [2.75, 3.05) is 7.11 Å². The number of phenols is 1. The molecule has 0 fully saturated rings. The molecule has 0 saturated carbocycles. The second kappa shape index (κ2) is 6.08. The van der Waals surface area contributed by atoms with Gasteiger partial charge >= 0.3 is 0 Å². The quantitative estimate of drug-likeness (QED) is 0.475. The predicted octanol–water partition coefficient (Wildman–Crippen LogP) is 3.09. The number of halogens is 2. The number of imidazole rings is 1. The van der Waals surface area contributed by atoms with E-state index >= 15 is 0 Å². The number of hydrogen-bond donors (Lipinski definition) is 1. The first-order valence-corrected chi connectivity index (χ1v) is 9.43. The van der Waals surface area contributed by atoms with Crippen LogP contribution in [-0.2, 0) is 0 Å². The number of nitrogens with zero attached hydrogens (tertiary/aromatic N) is 3. The fraction of sp³-hybridized carbons (Fsp3) is 0.0625. The van der Waals surface area contributed by atoms with Gasteiger partial charge in [0.15, 0.2) is 22.1 Å². The largest absolute Gasteiger partial charge is 0.503 e. The SMILES string of the molecule is COc1cc(C=c2sc3nc4cc(Br)cnc4n3c2=O)cc(Br)c1O. The number of benzene rings is 1. The molecule has 1 aromatic carbocycles. The molecular weight excluding hydrogens is 474 g/mol. The van der Waals surface area contributed by atoms with Gasteiger partial charge in [-0.05, 0) is 61.7 Å². The van der Waals surface area contributed by atoms with E-state index in [1.165, 1.54) is 22.8 Å². The number of thiazole rings is 1. The third-order valence-electron chi connectivity index (χ3n) is 3.62. The first kappa shape index (κ1) is 16.5. The van der Waals surface area contributed by atoms with Crippen LogP contribution in [0, 0.1) is 0 Å². The zero-order chi connectivity index (χ0) is 17.7. The van der Waals surface area contributed by atoms with Crippen LogP contribution < -0.4 is 14.8 Å². The Hall–Kier alpha value is -1.97. The smallest absolute Gasteiger partial charge is 0.276 e. The van der Waals surface area contributed by atoms with Crippen LogP contribution >= 0.6 is 43.2 Å². The molecule has 4 rings (SSSR count). The first-order valence-electron chi connectivity index (χ1n) is 7.02. The summed E-state index contributed by atoms with van der Waals surface area (Å²) in [5, 5.41) is 9.89. The Morgan fingerprint density at radius 1 is 1.32 bits per heavy atom. The summed E-state index contributed by atoms with van der Waals surface area (Å²) in [6.07, 6.45) is 3.37. The minimum absolute atomic E-state index is 0.0174. The van der Waals surface area contributed by atoms with Crippen LogP contribution in [0.1, 0.15) is 5.56 Å². The van der Waals surface area contributed by atoms with E-state index in [1.807, 2.05) is 6.07 Å². The highest BCUT2D eigenvalue weighted by Gasteiger charge is 2.13. The highest BCUT2D eigenvalue weighted by Crippen LogP contribution is 2.35. The molecule has 0 amide bonds. The molecule has 0 saturated heterocycles. The number of pyridine rings is 1. The van der Waals surface area contributed by atoms with Gasteiger partial charge in [0.25, 0.3) is 5.56 Å². The standard InChI is InChI=1S/C16H9Br2N3O3S/c1-24-11-3-7(2-9(18)13(11)22)4-12-15(23)21-14-10(20-16(21)25-12)5-8(17)6-19-14/h2-6,22H,1H3. The lowest BCUT2D eigenvalue weighted by Gasteiger charge is -2.06. The lowest BCUT2D eigenvalue weighted by molar-refractivity contribution is 0.372. The van der Waals surface area contributed by atoms with Gasteiger partial charge < -0.3 is 9.84 Å². The average Bonchev–Trinajstić information content (AvgIpc) is 3.07. The first-order chi connectivity index (χ1) is 12.0. The Labute approximate surface area is 161 Å². The van der Waals surface area contributed by atoms with E-state index < -0.39 is 0 Å². The number of fused-ring (bicyclic) bond motifs is 3. The molecule has 6 nitrogen and oxygen atoms in total. The molecule has 25 heavy (non-hydrogen) atoms. The van der Waals surface area contributed by atoms with Crippen LogP contribution in [-0.4, -0.2) is 26.6 Å². The Kier molecular flexibility index (Phi) is 4.01. The minimum atomic E-state index is -0.180. The van der Waals surface area contributed by atoms with E-state index in [9.17, 15) is 9.90 Å². The van der Waals surface area contributed by atoms with Gasteiger partial charge in [-0.15, -0.1) is 0 Å². The van der Waals surface area contributed by atoms with Crippen molar-refractivity contribution in [3.05, 3.63) is 53.8 Å². The second-order valence-electron chi connectivity index (χ2n) is 5.20. The second-order valence-corrected chi connectivity index (χ2v) is 7.97. The summed E-state index contributed by atoms with van der Waals surface area (Å²) in [6.45, 7) is 0. The van der Waals surface area contributed by atoms with Crippen molar-refractivity contribution in [1.29, 1.82) is 0 Å². The van der Waals surface area contributed by atoms with E-state index in [1.54, 1.807) is 24.4 Å². The van der Waals surface area contributed by atoms with Gasteiger partial charge in [0, 0.05) is 10.7 Å². The zero-order valence-electron chi connectivity index (χ0n) is 12.7. The molecule has 0 aliphatic rings. The molecule has 3 heterocycles. The molecule has 0 bridgehead atoms. The molecule has 9 heteroatoms. The molecule has 126 valence electrons. The van der Waals surface area contributed by atoms with Crippen molar-refractivity contribution in [3.8, 4) is 11.5 Å². The normalized spacial score (nSPS) is 12.4. The van der Waals surface area contributed by atoms with Gasteiger partial charge in [-0.25, -0.2) is 14.4 Å². The number of phenolic OH excluding ortho intramolecular Hbond substituents is 1. The van der Waals surface area contributed by atoms with Gasteiger partial charge in [-0.2, -0.15) is 0 Å². The Morgan fingerprint density at radius 2 is 2.12 bits per heavy atom. The highest BCUT2D eigenvalue weighted by atomic mass is 79.9. The molecule has 1 N–H and O–H groups in total. The van der Waals surface area contributed by atoms with Crippen LogP contribution in [0.4, 0.5) is 0 Å². The van der Waals surface area contributed by atoms with Gasteiger partial charge in [0.2, 0.25) is 0 Å². The number of rotatable bonds is 2. The van der Waals surface area contributed by atoms with Crippen LogP contribution in [0.5, 0.6) is 11.5 Å². The minimum Gasteiger partial charge on any atom is -0.503 e. The Bertz CT molecular complexity index is 1250. The summed E-state index contributed by atoms with van der Waals surface area (Å²) in [4.78, 5) is 22.1. The van der Waals surface area contributed by atoms with Crippen molar-refractivity contribution in [2.45, 2.75) is 0 Å². The summed E-state index contributed by atoms with van der Waals surface area (Å²) < 4.78 is 8.47. The molecule has 0 unspecified atom stereocenters. The van der Waals surface area contributed by atoms with E-state index in [0.717, 1.165) is 10.0 Å². The molecule has 0 radical (unpaired) electrons. The van der Waals surface area contributed by atoms with Gasteiger partial charge in [0.05, 0.1) is 16.1 Å². The topological polar surface area (TPSA) is 76.7 Å². The monoisotopic (exact) mass is 481 g/mol. The summed E-state index contributed by atoms with van der Waals surface area (Å²) >= 11 is 7.91. The third-order valence-corrected chi connectivity index (χ3v) is 5.62. The van der Waals surface area contributed by atoms with Crippen molar-refractivity contribution in [2.24, 2.45) is 0 Å². The molecule has 3 aromatic heterocycles. The highest BCUT2D eigenvalue weighted by molar-refractivity contribution is 9.10. The fourth-order valence-electron chi connectivity index (χ4n) is 2.50. The third kappa shape index (κ3) is 2.72. The Morgan fingerprint density at radius 3 is 2.88 bits per heavy atom. The van der Waals surface area contributed by atoms with Crippen LogP contribution in [0.25, 0.3) is 22.2 Å². The van der Waals surface area contributed by atoms with Crippen LogP contribution in [0.15, 0.2) is 38.1 Å². The molecular formula is C16H9Br2N3O3S. The van der Waals surface area contributed by atoms with Crippen molar-refractivity contribution >= 4 is 65.4 Å². The lowest BCUT2D eigenvalue weighted by atomic mass is 10.2. The van der Waals surface area contributed by atoms with E-state index in [0.29, 0.717) is 30.9 Å². The fourth-order valence-corrected chi connectivity index (χ4v) is 4.25. The van der Waals surface area contributed by atoms with Crippen molar-refractivity contribution in [3.63, 3.8) is 0 Å². The molecule has 4 aromatic rings. The lowest BCUT2D eigenvalue weighted by Crippen LogP contribution is -2.22. The zero-order valence-corrected chi connectivity index (χ0v) is 16.6. The van der Waals surface area contributed by atoms with Gasteiger partial charge in [0.1, 0.15) is 5.52 Å². The summed E-state index contributed by atoms with van der Waals surface area (Å²) in [7, 11) is 1.47. The summed E-state index contributed by atoms with van der Waals surface area (Å²) in [5.41, 5.74) is 1.74. The van der Waals surface area contributed by atoms with E-state index in [2.05, 4.69) is 41.8 Å². The number of hydrogen-bond acceptors (Lipinski definition) is 6. The Balaban J connectivity index is 1.96. The van der Waals surface area contributed by atoms with Crippen molar-refractivity contribution < 1.29 is 9.84 Å². The molecule has 0 spiro atoms. The maximum absolute atomic E-state index is 12.8. The number of aromatic nitrogens is 3. The molecule has 0 aliphatic carbocycles. The summed E-state index contributed by atoms with van der Waals surface area (Å²) in [6, 6.07) is 5.20. The maximum Gasteiger partial charge on any atom is 0.276 e. The maximum atomic E-state index is 12.8. The predicted molar refractivity (Wildman–Crippen MR) is 103 cm³/mol. The van der Waals surface area contributed by atoms with Crippen molar-refractivity contribution in [1.82, 2.24) is 14.4 Å². The van der Waals surface area contributed by atoms with Gasteiger partial charge in [-0.3, -0.25) is 4.79 Å². The molecule has 0 atom stereocenters. The number of ether oxygens (including phenoxy) is 1. The number of methoxy groups -OCH3 is 1. The van der Waals surface area contributed by atoms with E-state index in [4.69, 9.17) is 4.74 Å². The van der Waals surface area contributed by atoms with Gasteiger partial charge in [-0.1, -0.05) is 11.3 Å². The van der Waals surface area contributed by atoms with Crippen LogP contribution in [0.2, 0.25) is 0 Å². The van der Waals surface area contributed by atoms with E-state index in [-0.39, 0.29) is 11.3 Å². The average molecular weight is 483 g/mol.